The smallest absolute Gasteiger partial charge is 0.255 e. The van der Waals surface area contributed by atoms with Gasteiger partial charge in [0.1, 0.15) is 0 Å². The van der Waals surface area contributed by atoms with Crippen LogP contribution in [0.2, 0.25) is 0 Å². The van der Waals surface area contributed by atoms with Gasteiger partial charge in [0.05, 0.1) is 13.2 Å². The second-order valence-electron chi connectivity index (χ2n) is 6.39. The number of nitrogens with one attached hydrogen (secondary N) is 1. The van der Waals surface area contributed by atoms with Crippen molar-refractivity contribution in [2.45, 2.75) is 27.7 Å². The number of Topliss-reactive ketones (excluding diaryl/α,β-unsaturated/α-hetero) is 1. The third-order valence-electron chi connectivity index (χ3n) is 3.63. The lowest BCUT2D eigenvalue weighted by Crippen LogP contribution is -2.13. The van der Waals surface area contributed by atoms with Gasteiger partial charge in [-0.15, -0.1) is 0 Å². The van der Waals surface area contributed by atoms with Crippen LogP contribution in [-0.2, 0) is 0 Å². The zero-order chi connectivity index (χ0) is 19.1. The largest absolute Gasteiger partial charge is 0.490 e. The minimum absolute atomic E-state index is 0.0128. The molecule has 5 nitrogen and oxygen atoms in total. The Morgan fingerprint density at radius 3 is 2.19 bits per heavy atom. The molecule has 0 heterocycles. The number of hydrogen-bond donors (Lipinski definition) is 1. The van der Waals surface area contributed by atoms with E-state index in [0.29, 0.717) is 47.4 Å². The van der Waals surface area contributed by atoms with E-state index in [1.165, 1.54) is 6.92 Å². The van der Waals surface area contributed by atoms with Crippen molar-refractivity contribution in [3.63, 3.8) is 0 Å². The summed E-state index contributed by atoms with van der Waals surface area (Å²) in [6, 6.07) is 11.9. The van der Waals surface area contributed by atoms with Crippen molar-refractivity contribution < 1.29 is 19.1 Å². The van der Waals surface area contributed by atoms with Crippen molar-refractivity contribution in [1.82, 2.24) is 0 Å². The van der Waals surface area contributed by atoms with Crippen LogP contribution in [0, 0.1) is 5.92 Å². The average Bonchev–Trinajstić information content (AvgIpc) is 2.61. The molecule has 2 aromatic carbocycles. The molecule has 0 saturated heterocycles. The van der Waals surface area contributed by atoms with Gasteiger partial charge in [-0.2, -0.15) is 0 Å². The summed E-state index contributed by atoms with van der Waals surface area (Å²) in [7, 11) is 0. The summed E-state index contributed by atoms with van der Waals surface area (Å²) in [4.78, 5) is 23.8. The maximum absolute atomic E-state index is 12.5. The molecule has 1 N–H and O–H groups in total. The molecule has 2 rings (SSSR count). The second kappa shape index (κ2) is 9.04. The minimum atomic E-state index is -0.253. The van der Waals surface area contributed by atoms with Crippen molar-refractivity contribution >= 4 is 17.4 Å². The van der Waals surface area contributed by atoms with Gasteiger partial charge in [0.15, 0.2) is 17.3 Å². The molecule has 138 valence electrons. The molecule has 0 atom stereocenters. The summed E-state index contributed by atoms with van der Waals surface area (Å²) >= 11 is 0. The normalized spacial score (nSPS) is 10.5. The van der Waals surface area contributed by atoms with E-state index in [4.69, 9.17) is 9.47 Å². The minimum Gasteiger partial charge on any atom is -0.490 e. The Morgan fingerprint density at radius 2 is 1.62 bits per heavy atom. The van der Waals surface area contributed by atoms with Gasteiger partial charge in [0.2, 0.25) is 0 Å². The van der Waals surface area contributed by atoms with Crippen LogP contribution in [0.4, 0.5) is 5.69 Å². The fraction of sp³-hybridized carbons (Fsp3) is 0.333. The molecule has 5 heteroatoms. The third kappa shape index (κ3) is 5.34. The van der Waals surface area contributed by atoms with Crippen molar-refractivity contribution in [1.29, 1.82) is 0 Å². The fourth-order valence-electron chi connectivity index (χ4n) is 2.28. The molecule has 0 aliphatic heterocycles. The maximum atomic E-state index is 12.5. The van der Waals surface area contributed by atoms with Gasteiger partial charge >= 0.3 is 0 Å². The van der Waals surface area contributed by atoms with Crippen LogP contribution in [0.5, 0.6) is 11.5 Å². The number of rotatable bonds is 8. The van der Waals surface area contributed by atoms with Crippen LogP contribution in [0.3, 0.4) is 0 Å². The lowest BCUT2D eigenvalue weighted by atomic mass is 10.1. The molecule has 0 spiro atoms. The summed E-state index contributed by atoms with van der Waals surface area (Å²) < 4.78 is 11.4. The third-order valence-corrected chi connectivity index (χ3v) is 3.63. The Morgan fingerprint density at radius 1 is 0.962 bits per heavy atom. The standard InChI is InChI=1S/C21H25NO4/c1-5-25-20-12-17(8-11-19(20)26-13-14(2)3)21(24)22-18-9-6-16(7-10-18)15(4)23/h6-12,14H,5,13H2,1-4H3,(H,22,24). The molecule has 0 radical (unpaired) electrons. The zero-order valence-electron chi connectivity index (χ0n) is 15.7. The van der Waals surface area contributed by atoms with Crippen LogP contribution in [-0.4, -0.2) is 24.9 Å². The predicted molar refractivity (Wildman–Crippen MR) is 102 cm³/mol. The van der Waals surface area contributed by atoms with Crippen molar-refractivity contribution in [2.24, 2.45) is 5.92 Å². The van der Waals surface area contributed by atoms with Crippen LogP contribution in [0.15, 0.2) is 42.5 Å². The van der Waals surface area contributed by atoms with Gasteiger partial charge in [0.25, 0.3) is 5.91 Å². The quantitative estimate of drug-likeness (QED) is 0.704. The van der Waals surface area contributed by atoms with Crippen LogP contribution in [0.1, 0.15) is 48.4 Å². The van der Waals surface area contributed by atoms with Gasteiger partial charge in [0, 0.05) is 16.8 Å². The highest BCUT2D eigenvalue weighted by Gasteiger charge is 2.13. The number of ketones is 1. The number of carbonyl (C=O) groups excluding carboxylic acids is 2. The van der Waals surface area contributed by atoms with E-state index < -0.39 is 0 Å². The zero-order valence-corrected chi connectivity index (χ0v) is 15.7. The van der Waals surface area contributed by atoms with Crippen LogP contribution in [0.25, 0.3) is 0 Å². The Kier molecular flexibility index (Phi) is 6.78. The van der Waals surface area contributed by atoms with Crippen molar-refractivity contribution in [2.75, 3.05) is 18.5 Å². The molecule has 2 aromatic rings. The number of anilines is 1. The van der Waals surface area contributed by atoms with Crippen LogP contribution < -0.4 is 14.8 Å². The second-order valence-corrected chi connectivity index (χ2v) is 6.39. The molecule has 0 bridgehead atoms. The van der Waals surface area contributed by atoms with Gasteiger partial charge < -0.3 is 14.8 Å². The van der Waals surface area contributed by atoms with Gasteiger partial charge in [-0.05, 0) is 62.2 Å². The topological polar surface area (TPSA) is 64.6 Å². The monoisotopic (exact) mass is 355 g/mol. The fourth-order valence-corrected chi connectivity index (χ4v) is 2.28. The van der Waals surface area contributed by atoms with E-state index in [0.717, 1.165) is 0 Å². The molecule has 1 amide bonds. The predicted octanol–water partition coefficient (Wildman–Crippen LogP) is 4.58. The first-order valence-electron chi connectivity index (χ1n) is 8.72. The molecule has 0 aromatic heterocycles. The molecular formula is C21H25NO4. The number of hydrogen-bond acceptors (Lipinski definition) is 4. The highest BCUT2D eigenvalue weighted by molar-refractivity contribution is 6.05. The molecule has 0 aliphatic carbocycles. The number of benzene rings is 2. The number of amides is 1. The summed E-state index contributed by atoms with van der Waals surface area (Å²) in [5, 5.41) is 2.82. The highest BCUT2D eigenvalue weighted by Crippen LogP contribution is 2.29. The summed E-state index contributed by atoms with van der Waals surface area (Å²) in [6.07, 6.45) is 0. The van der Waals surface area contributed by atoms with E-state index in [1.807, 2.05) is 6.92 Å². The Bertz CT molecular complexity index is 766. The Balaban J connectivity index is 2.14. The summed E-state index contributed by atoms with van der Waals surface area (Å²) in [6.45, 7) is 8.59. The van der Waals surface area contributed by atoms with E-state index in [-0.39, 0.29) is 11.7 Å². The van der Waals surface area contributed by atoms with Gasteiger partial charge in [-0.3, -0.25) is 9.59 Å². The first-order chi connectivity index (χ1) is 12.4. The average molecular weight is 355 g/mol. The van der Waals surface area contributed by atoms with E-state index in [1.54, 1.807) is 42.5 Å². The van der Waals surface area contributed by atoms with E-state index in [2.05, 4.69) is 19.2 Å². The van der Waals surface area contributed by atoms with Gasteiger partial charge in [-0.25, -0.2) is 0 Å². The molecule has 0 saturated carbocycles. The lowest BCUT2D eigenvalue weighted by molar-refractivity contribution is 0.101. The van der Waals surface area contributed by atoms with Crippen LogP contribution >= 0.6 is 0 Å². The van der Waals surface area contributed by atoms with Crippen molar-refractivity contribution in [3.8, 4) is 11.5 Å². The van der Waals surface area contributed by atoms with Gasteiger partial charge in [-0.1, -0.05) is 13.8 Å². The lowest BCUT2D eigenvalue weighted by Gasteiger charge is -2.14. The molecule has 0 unspecified atom stereocenters. The highest BCUT2D eigenvalue weighted by atomic mass is 16.5. The SMILES string of the molecule is CCOc1cc(C(=O)Nc2ccc(C(C)=O)cc2)ccc1OCC(C)C. The maximum Gasteiger partial charge on any atom is 0.255 e. The first kappa shape index (κ1) is 19.5. The molecule has 0 fully saturated rings. The molecule has 26 heavy (non-hydrogen) atoms. The summed E-state index contributed by atoms with van der Waals surface area (Å²) in [5.41, 5.74) is 1.70. The number of ether oxygens (including phenoxy) is 2. The summed E-state index contributed by atoms with van der Waals surface area (Å²) in [5.74, 6) is 1.30. The Hall–Kier alpha value is -2.82. The van der Waals surface area contributed by atoms with E-state index in [9.17, 15) is 9.59 Å². The first-order valence-corrected chi connectivity index (χ1v) is 8.72. The van der Waals surface area contributed by atoms with E-state index >= 15 is 0 Å². The molecular weight excluding hydrogens is 330 g/mol. The molecule has 0 aliphatic rings. The van der Waals surface area contributed by atoms with Crippen molar-refractivity contribution in [3.05, 3.63) is 53.6 Å². The Labute approximate surface area is 154 Å². The number of carbonyl (C=O) groups is 2.